The van der Waals surface area contributed by atoms with Crippen molar-refractivity contribution >= 4 is 34.6 Å². The number of hydrogen-bond donors (Lipinski definition) is 2. The summed E-state index contributed by atoms with van der Waals surface area (Å²) in [5, 5.41) is 9.60. The van der Waals surface area contributed by atoms with Gasteiger partial charge in [0.2, 0.25) is 0 Å². The summed E-state index contributed by atoms with van der Waals surface area (Å²) in [6.45, 7) is -0.379. The fraction of sp³-hybridized carbons (Fsp3) is 0.333. The van der Waals surface area contributed by atoms with Crippen molar-refractivity contribution in [2.24, 2.45) is 7.05 Å². The van der Waals surface area contributed by atoms with Crippen LogP contribution < -0.4 is 15.8 Å². The number of nitrogens with one attached hydrogen (secondary N) is 1. The fourth-order valence-electron chi connectivity index (χ4n) is 2.97. The first-order valence-electron chi connectivity index (χ1n) is 8.47. The third kappa shape index (κ3) is 4.39. The van der Waals surface area contributed by atoms with Gasteiger partial charge in [-0.3, -0.25) is 14.3 Å². The second kappa shape index (κ2) is 8.80. The van der Waals surface area contributed by atoms with Crippen molar-refractivity contribution in [2.75, 3.05) is 6.61 Å². The van der Waals surface area contributed by atoms with Crippen LogP contribution in [0.25, 0.3) is 6.08 Å². The number of aliphatic hydroxyl groups is 1. The van der Waals surface area contributed by atoms with Crippen molar-refractivity contribution in [2.45, 2.75) is 24.9 Å². The van der Waals surface area contributed by atoms with Gasteiger partial charge in [0.15, 0.2) is 12.4 Å². The Morgan fingerprint density at radius 2 is 2.32 bits per heavy atom. The van der Waals surface area contributed by atoms with E-state index in [4.69, 9.17) is 9.47 Å². The first-order chi connectivity index (χ1) is 13.4. The minimum atomic E-state index is -0.785. The smallest absolute Gasteiger partial charge is 0.344 e. The topological polar surface area (TPSA) is 114 Å². The van der Waals surface area contributed by atoms with E-state index < -0.39 is 35.7 Å². The average Bonchev–Trinajstić information content (AvgIpc) is 3.06. The summed E-state index contributed by atoms with van der Waals surface area (Å²) in [4.78, 5) is 38.7. The minimum absolute atomic E-state index is 0.162. The van der Waals surface area contributed by atoms with Gasteiger partial charge in [0, 0.05) is 18.7 Å². The predicted molar refractivity (Wildman–Crippen MR) is 107 cm³/mol. The Kier molecular flexibility index (Phi) is 6.42. The first-order valence-corrected chi connectivity index (χ1v) is 9.72. The lowest BCUT2D eigenvalue weighted by atomic mass is 10.1. The van der Waals surface area contributed by atoms with E-state index >= 15 is 0 Å². The number of hydrogen-bond acceptors (Lipinski definition) is 6. The second-order valence-electron chi connectivity index (χ2n) is 6.29. The van der Waals surface area contributed by atoms with E-state index in [1.165, 1.54) is 10.8 Å². The summed E-state index contributed by atoms with van der Waals surface area (Å²) < 4.78 is 15.8. The molecule has 9 nitrogen and oxygen atoms in total. The van der Waals surface area contributed by atoms with Crippen LogP contribution >= 0.6 is 22.6 Å². The number of aliphatic hydroxyl groups excluding tert-OH is 1. The Labute approximate surface area is 173 Å². The standard InChI is InChI=1S/C18H18IN3O6/c1-21-6-2-3-12(8-21)17(25)28-13-7-15(27-14(13)10-23)22-9-11(4-5-19)16(24)20-18(22)26/h2-6,8-9,13-15,23H,7,10H2,1H3/p+1/b5-4+/t13-,14+,15+/m0/s1. The molecular formula is C18H19IN3O6+. The van der Waals surface area contributed by atoms with Crippen molar-refractivity contribution in [3.63, 3.8) is 0 Å². The molecule has 2 N–H and O–H groups in total. The number of rotatable bonds is 5. The maximum absolute atomic E-state index is 12.4. The van der Waals surface area contributed by atoms with Crippen molar-refractivity contribution in [3.8, 4) is 0 Å². The van der Waals surface area contributed by atoms with Gasteiger partial charge in [0.05, 0.1) is 12.2 Å². The molecule has 0 aliphatic carbocycles. The number of aryl methyl sites for hydroxylation is 1. The van der Waals surface area contributed by atoms with Crippen LogP contribution in [0.5, 0.6) is 0 Å². The zero-order valence-electron chi connectivity index (χ0n) is 14.9. The van der Waals surface area contributed by atoms with Gasteiger partial charge in [-0.1, -0.05) is 22.6 Å². The molecule has 1 aliphatic rings. The van der Waals surface area contributed by atoms with Crippen LogP contribution in [0.1, 0.15) is 28.6 Å². The van der Waals surface area contributed by atoms with E-state index in [2.05, 4.69) is 4.98 Å². The molecule has 0 saturated carbocycles. The Morgan fingerprint density at radius 3 is 3.00 bits per heavy atom. The third-order valence-corrected chi connectivity index (χ3v) is 4.70. The lowest BCUT2D eigenvalue weighted by Crippen LogP contribution is -2.33. The zero-order valence-corrected chi connectivity index (χ0v) is 17.1. The summed E-state index contributed by atoms with van der Waals surface area (Å²) in [5.41, 5.74) is -0.499. The van der Waals surface area contributed by atoms with E-state index in [1.807, 2.05) is 22.6 Å². The fourth-order valence-corrected chi connectivity index (χ4v) is 3.36. The summed E-state index contributed by atoms with van der Waals surface area (Å²) >= 11 is 1.97. The molecule has 0 bridgehead atoms. The average molecular weight is 500 g/mol. The quantitative estimate of drug-likeness (QED) is 0.346. The number of carbonyl (C=O) groups is 1. The molecule has 10 heteroatoms. The molecule has 0 amide bonds. The van der Waals surface area contributed by atoms with Crippen LogP contribution in [0, 0.1) is 0 Å². The van der Waals surface area contributed by atoms with E-state index in [0.29, 0.717) is 5.56 Å². The molecule has 3 rings (SSSR count). The van der Waals surface area contributed by atoms with E-state index in [1.54, 1.807) is 46.3 Å². The lowest BCUT2D eigenvalue weighted by Gasteiger charge is -2.16. The first kappa shape index (κ1) is 20.4. The number of ether oxygens (including phenoxy) is 2. The number of nitrogens with zero attached hydrogens (tertiary/aromatic N) is 2. The van der Waals surface area contributed by atoms with Crippen LogP contribution in [0.3, 0.4) is 0 Å². The van der Waals surface area contributed by atoms with Gasteiger partial charge < -0.3 is 14.6 Å². The molecule has 148 valence electrons. The number of pyridine rings is 1. The van der Waals surface area contributed by atoms with E-state index in [9.17, 15) is 19.5 Å². The Morgan fingerprint density at radius 1 is 1.54 bits per heavy atom. The molecule has 0 unspecified atom stereocenters. The highest BCUT2D eigenvalue weighted by molar-refractivity contribution is 14.1. The molecule has 0 spiro atoms. The summed E-state index contributed by atoms with van der Waals surface area (Å²) in [6, 6.07) is 3.34. The number of H-pyrrole nitrogens is 1. The molecule has 0 aromatic carbocycles. The van der Waals surface area contributed by atoms with Crippen LogP contribution in [-0.2, 0) is 16.5 Å². The maximum Gasteiger partial charge on any atom is 0.344 e. The number of esters is 1. The highest BCUT2D eigenvalue weighted by atomic mass is 127. The minimum Gasteiger partial charge on any atom is -0.456 e. The zero-order chi connectivity index (χ0) is 20.3. The van der Waals surface area contributed by atoms with Crippen molar-refractivity contribution in [1.82, 2.24) is 9.55 Å². The van der Waals surface area contributed by atoms with Crippen LogP contribution in [0.2, 0.25) is 0 Å². The normalized spacial score (nSPS) is 21.9. The number of carbonyl (C=O) groups excluding carboxylic acids is 1. The van der Waals surface area contributed by atoms with Crippen molar-refractivity contribution in [1.29, 1.82) is 0 Å². The van der Waals surface area contributed by atoms with Crippen LogP contribution in [0.15, 0.2) is 44.4 Å². The van der Waals surface area contributed by atoms with Gasteiger partial charge in [-0.05, 0) is 16.2 Å². The Balaban J connectivity index is 1.82. The molecule has 0 radical (unpaired) electrons. The van der Waals surface area contributed by atoms with Crippen LogP contribution in [0.4, 0.5) is 0 Å². The lowest BCUT2D eigenvalue weighted by molar-refractivity contribution is -0.671. The second-order valence-corrected chi connectivity index (χ2v) is 7.01. The molecule has 3 atom stereocenters. The van der Waals surface area contributed by atoms with Gasteiger partial charge in [-0.15, -0.1) is 0 Å². The van der Waals surface area contributed by atoms with E-state index in [0.717, 1.165) is 0 Å². The highest BCUT2D eigenvalue weighted by Gasteiger charge is 2.39. The Bertz CT molecular complexity index is 1010. The van der Waals surface area contributed by atoms with Gasteiger partial charge in [0.1, 0.15) is 31.0 Å². The van der Waals surface area contributed by atoms with Gasteiger partial charge in [-0.2, -0.15) is 0 Å². The monoisotopic (exact) mass is 500 g/mol. The molecule has 3 heterocycles. The molecular weight excluding hydrogens is 481 g/mol. The molecule has 1 saturated heterocycles. The summed E-state index contributed by atoms with van der Waals surface area (Å²) in [7, 11) is 1.78. The van der Waals surface area contributed by atoms with Gasteiger partial charge in [-0.25, -0.2) is 14.2 Å². The summed E-state index contributed by atoms with van der Waals surface area (Å²) in [6.07, 6.45) is 4.20. The molecule has 1 aliphatic heterocycles. The number of halogens is 1. The van der Waals surface area contributed by atoms with Crippen LogP contribution in [-0.4, -0.2) is 39.4 Å². The van der Waals surface area contributed by atoms with E-state index in [-0.39, 0.29) is 18.6 Å². The number of aromatic nitrogens is 3. The third-order valence-electron chi connectivity index (χ3n) is 4.34. The largest absolute Gasteiger partial charge is 0.456 e. The van der Waals surface area contributed by atoms with Crippen molar-refractivity contribution in [3.05, 3.63) is 66.8 Å². The van der Waals surface area contributed by atoms with Gasteiger partial charge >= 0.3 is 11.7 Å². The maximum atomic E-state index is 12.4. The van der Waals surface area contributed by atoms with Crippen molar-refractivity contribution < 1.29 is 23.9 Å². The summed E-state index contributed by atoms with van der Waals surface area (Å²) in [5.74, 6) is -0.550. The highest BCUT2D eigenvalue weighted by Crippen LogP contribution is 2.30. The molecule has 2 aromatic rings. The molecule has 28 heavy (non-hydrogen) atoms. The Hall–Kier alpha value is -2.31. The molecule has 1 fully saturated rings. The number of aromatic amines is 1. The van der Waals surface area contributed by atoms with Gasteiger partial charge in [0.25, 0.3) is 5.56 Å². The SMILES string of the molecule is C[n+]1cccc(C(=O)O[C@H]2C[C@H](n3cc(/C=C/I)c(=O)[nH]c3=O)O[C@@H]2CO)c1. The molecule has 2 aromatic heterocycles. The predicted octanol–water partition coefficient (Wildman–Crippen LogP) is 0.272.